The van der Waals surface area contributed by atoms with E-state index in [2.05, 4.69) is 21.9 Å². The van der Waals surface area contributed by atoms with Gasteiger partial charge in [-0.05, 0) is 60.2 Å². The zero-order chi connectivity index (χ0) is 24.2. The molecule has 0 aromatic heterocycles. The quantitative estimate of drug-likeness (QED) is 0.359. The van der Waals surface area contributed by atoms with E-state index in [4.69, 9.17) is 14.7 Å². The Labute approximate surface area is 197 Å². The number of carbonyl (C=O) groups is 2. The number of nitrogens with one attached hydrogen (secondary N) is 2. The molecule has 0 atom stereocenters. The van der Waals surface area contributed by atoms with E-state index in [1.807, 2.05) is 18.2 Å². The van der Waals surface area contributed by atoms with Crippen molar-refractivity contribution in [2.45, 2.75) is 13.0 Å². The molecule has 3 aromatic rings. The molecule has 3 aromatic carbocycles. The summed E-state index contributed by atoms with van der Waals surface area (Å²) in [6.07, 6.45) is 1.61. The van der Waals surface area contributed by atoms with E-state index < -0.39 is 0 Å². The highest BCUT2D eigenvalue weighted by Crippen LogP contribution is 2.15. The normalized spacial score (nSPS) is 10.4. The molecule has 0 spiro atoms. The van der Waals surface area contributed by atoms with E-state index in [0.29, 0.717) is 29.2 Å². The van der Waals surface area contributed by atoms with Crippen molar-refractivity contribution in [1.82, 2.24) is 10.7 Å². The predicted molar refractivity (Wildman–Crippen MR) is 128 cm³/mol. The fraction of sp³-hybridized carbons (Fsp3) is 0.154. The van der Waals surface area contributed by atoms with Crippen LogP contribution in [0.1, 0.15) is 33.5 Å². The smallest absolute Gasteiger partial charge is 0.251 e. The van der Waals surface area contributed by atoms with Crippen LogP contribution in [-0.2, 0) is 11.4 Å². The Balaban J connectivity index is 1.38. The van der Waals surface area contributed by atoms with Crippen LogP contribution in [0.5, 0.6) is 11.5 Å². The summed E-state index contributed by atoms with van der Waals surface area (Å²) in [5, 5.41) is 15.8. The summed E-state index contributed by atoms with van der Waals surface area (Å²) in [7, 11) is 1.56. The predicted octanol–water partition coefficient (Wildman–Crippen LogP) is 3.42. The van der Waals surface area contributed by atoms with Crippen molar-refractivity contribution < 1.29 is 19.1 Å². The van der Waals surface area contributed by atoms with Crippen molar-refractivity contribution in [3.05, 3.63) is 95.1 Å². The number of amides is 2. The van der Waals surface area contributed by atoms with E-state index in [1.54, 1.807) is 61.7 Å². The van der Waals surface area contributed by atoms with Gasteiger partial charge in [-0.2, -0.15) is 10.4 Å². The Bertz CT molecular complexity index is 1180. The third-order valence-electron chi connectivity index (χ3n) is 4.80. The van der Waals surface area contributed by atoms with Gasteiger partial charge in [0.15, 0.2) is 0 Å². The van der Waals surface area contributed by atoms with E-state index >= 15 is 0 Å². The molecule has 0 saturated carbocycles. The first kappa shape index (κ1) is 24.0. The average molecular weight is 457 g/mol. The third-order valence-corrected chi connectivity index (χ3v) is 4.80. The first-order valence-electron chi connectivity index (χ1n) is 10.5. The molecule has 2 N–H and O–H groups in total. The topological polar surface area (TPSA) is 113 Å². The third kappa shape index (κ3) is 7.21. The van der Waals surface area contributed by atoms with Crippen LogP contribution in [0.2, 0.25) is 0 Å². The highest BCUT2D eigenvalue weighted by molar-refractivity contribution is 5.94. The van der Waals surface area contributed by atoms with Gasteiger partial charge in [-0.25, -0.2) is 5.43 Å². The van der Waals surface area contributed by atoms with E-state index in [1.165, 1.54) is 6.21 Å². The molecule has 0 aliphatic carbocycles. The highest BCUT2D eigenvalue weighted by atomic mass is 16.5. The van der Waals surface area contributed by atoms with Crippen LogP contribution in [0, 0.1) is 11.3 Å². The molecule has 0 fully saturated rings. The minimum absolute atomic E-state index is 0.0934. The number of benzene rings is 3. The average Bonchev–Trinajstić information content (AvgIpc) is 2.88. The fourth-order valence-electron chi connectivity index (χ4n) is 2.94. The highest BCUT2D eigenvalue weighted by Gasteiger charge is 2.07. The van der Waals surface area contributed by atoms with Crippen molar-refractivity contribution in [3.8, 4) is 17.6 Å². The molecule has 8 heteroatoms. The Hall–Kier alpha value is -4.64. The molecule has 0 aliphatic heterocycles. The van der Waals surface area contributed by atoms with Crippen molar-refractivity contribution in [2.75, 3.05) is 13.7 Å². The zero-order valence-electron chi connectivity index (χ0n) is 18.7. The number of nitriles is 1. The summed E-state index contributed by atoms with van der Waals surface area (Å²) in [6.45, 7) is 0.482. The molecular formula is C26H24N4O4. The SMILES string of the molecule is COc1ccc(C(=O)NCCC(=O)NN=Cc2ccc(OCc3ccccc3C#N)cc2)cc1. The maximum Gasteiger partial charge on any atom is 0.251 e. The van der Waals surface area contributed by atoms with Crippen molar-refractivity contribution in [3.63, 3.8) is 0 Å². The largest absolute Gasteiger partial charge is 0.497 e. The lowest BCUT2D eigenvalue weighted by molar-refractivity contribution is -0.120. The van der Waals surface area contributed by atoms with Gasteiger partial charge in [0.1, 0.15) is 18.1 Å². The monoisotopic (exact) mass is 456 g/mol. The molecule has 0 unspecified atom stereocenters. The summed E-state index contributed by atoms with van der Waals surface area (Å²) in [4.78, 5) is 24.0. The number of carbonyl (C=O) groups excluding carboxylic acids is 2. The van der Waals surface area contributed by atoms with Crippen LogP contribution >= 0.6 is 0 Å². The molecule has 0 bridgehead atoms. The van der Waals surface area contributed by atoms with Crippen LogP contribution in [0.3, 0.4) is 0 Å². The molecule has 8 nitrogen and oxygen atoms in total. The number of ether oxygens (including phenoxy) is 2. The first-order valence-corrected chi connectivity index (χ1v) is 10.5. The Morgan fingerprint density at radius 3 is 2.41 bits per heavy atom. The second-order valence-electron chi connectivity index (χ2n) is 7.15. The molecule has 0 aliphatic rings. The number of hydrogen-bond donors (Lipinski definition) is 2. The van der Waals surface area contributed by atoms with Crippen molar-refractivity contribution in [2.24, 2.45) is 5.10 Å². The van der Waals surface area contributed by atoms with Crippen molar-refractivity contribution >= 4 is 18.0 Å². The molecule has 3 rings (SSSR count). The van der Waals surface area contributed by atoms with Gasteiger partial charge >= 0.3 is 0 Å². The van der Waals surface area contributed by atoms with Gasteiger partial charge in [0.2, 0.25) is 5.91 Å². The van der Waals surface area contributed by atoms with Gasteiger partial charge in [0, 0.05) is 24.1 Å². The molecule has 0 heterocycles. The van der Waals surface area contributed by atoms with Gasteiger partial charge in [-0.3, -0.25) is 9.59 Å². The number of rotatable bonds is 10. The molecular weight excluding hydrogens is 432 g/mol. The minimum Gasteiger partial charge on any atom is -0.497 e. The molecule has 172 valence electrons. The Morgan fingerprint density at radius 1 is 1.00 bits per heavy atom. The fourth-order valence-corrected chi connectivity index (χ4v) is 2.94. The van der Waals surface area contributed by atoms with Gasteiger partial charge < -0.3 is 14.8 Å². The maximum absolute atomic E-state index is 12.1. The van der Waals surface area contributed by atoms with Gasteiger partial charge in [0.05, 0.1) is 25.0 Å². The van der Waals surface area contributed by atoms with Gasteiger partial charge in [-0.1, -0.05) is 18.2 Å². The summed E-state index contributed by atoms with van der Waals surface area (Å²) in [5.41, 5.74) is 5.10. The Morgan fingerprint density at radius 2 is 1.71 bits per heavy atom. The molecule has 2 amide bonds. The van der Waals surface area contributed by atoms with E-state index in [9.17, 15) is 9.59 Å². The molecule has 0 saturated heterocycles. The molecule has 34 heavy (non-hydrogen) atoms. The standard InChI is InChI=1S/C26H24N4O4/c1-33-23-12-8-20(9-13-23)26(32)28-15-14-25(31)30-29-17-19-6-10-24(11-7-19)34-18-22-5-3-2-4-21(22)16-27/h2-13,17H,14-15,18H2,1H3,(H,28,32)(H,30,31). The number of nitrogens with zero attached hydrogens (tertiary/aromatic N) is 2. The summed E-state index contributed by atoms with van der Waals surface area (Å²) in [6, 6.07) is 23.3. The van der Waals surface area contributed by atoms with E-state index in [0.717, 1.165) is 11.1 Å². The number of methoxy groups -OCH3 is 1. The van der Waals surface area contributed by atoms with Crippen LogP contribution in [0.4, 0.5) is 0 Å². The minimum atomic E-state index is -0.317. The van der Waals surface area contributed by atoms with Crippen molar-refractivity contribution in [1.29, 1.82) is 5.26 Å². The van der Waals surface area contributed by atoms with Gasteiger partial charge in [0.25, 0.3) is 5.91 Å². The van der Waals surface area contributed by atoms with Crippen LogP contribution < -0.4 is 20.2 Å². The van der Waals surface area contributed by atoms with Gasteiger partial charge in [-0.15, -0.1) is 0 Å². The zero-order valence-corrected chi connectivity index (χ0v) is 18.7. The number of hydrogen-bond acceptors (Lipinski definition) is 6. The lowest BCUT2D eigenvalue weighted by Crippen LogP contribution is -2.29. The molecule has 0 radical (unpaired) electrons. The Kier molecular flexibility index (Phi) is 8.76. The lowest BCUT2D eigenvalue weighted by atomic mass is 10.1. The second kappa shape index (κ2) is 12.4. The summed E-state index contributed by atoms with van der Waals surface area (Å²) >= 11 is 0. The maximum atomic E-state index is 12.1. The van der Waals surface area contributed by atoms with Crippen LogP contribution in [-0.4, -0.2) is 31.7 Å². The second-order valence-corrected chi connectivity index (χ2v) is 7.15. The van der Waals surface area contributed by atoms with Crippen LogP contribution in [0.25, 0.3) is 0 Å². The first-order chi connectivity index (χ1) is 16.6. The lowest BCUT2D eigenvalue weighted by Gasteiger charge is -2.07. The van der Waals surface area contributed by atoms with E-state index in [-0.39, 0.29) is 24.8 Å². The summed E-state index contributed by atoms with van der Waals surface area (Å²) < 4.78 is 10.8. The summed E-state index contributed by atoms with van der Waals surface area (Å²) in [5.74, 6) is 0.735. The number of hydrazone groups is 1. The van der Waals surface area contributed by atoms with Crippen LogP contribution in [0.15, 0.2) is 77.9 Å².